The van der Waals surface area contributed by atoms with E-state index in [1.165, 1.54) is 4.90 Å². The van der Waals surface area contributed by atoms with Gasteiger partial charge in [0.25, 0.3) is 11.8 Å². The minimum Gasteiger partial charge on any atom is -0.270 e. The molecule has 150 valence electrons. The molecular weight excluding hydrogens is 417 g/mol. The Morgan fingerprint density at radius 2 is 1.43 bits per heavy atom. The number of carbonyl (C=O) groups excluding carboxylic acids is 2. The maximum atomic E-state index is 12.5. The van der Waals surface area contributed by atoms with Crippen LogP contribution >= 0.6 is 23.2 Å². The van der Waals surface area contributed by atoms with Crippen LogP contribution in [-0.2, 0) is 6.54 Å². The third-order valence-corrected chi connectivity index (χ3v) is 5.62. The van der Waals surface area contributed by atoms with E-state index in [0.717, 1.165) is 16.7 Å². The summed E-state index contributed by atoms with van der Waals surface area (Å²) in [5.74, 6) is -0.332. The number of imide groups is 1. The molecule has 30 heavy (non-hydrogen) atoms. The summed E-state index contributed by atoms with van der Waals surface area (Å²) in [6, 6.07) is 20.3. The molecule has 2 amide bonds. The van der Waals surface area contributed by atoms with Gasteiger partial charge in [-0.2, -0.15) is 0 Å². The molecule has 0 bridgehead atoms. The number of carbonyl (C=O) groups is 2. The lowest BCUT2D eigenvalue weighted by molar-refractivity contribution is 0.0642. The van der Waals surface area contributed by atoms with Gasteiger partial charge in [0, 0.05) is 10.0 Å². The number of allylic oxidation sites excluding steroid dienone is 1. The van der Waals surface area contributed by atoms with Crippen molar-refractivity contribution in [1.29, 1.82) is 0 Å². The lowest BCUT2D eigenvalue weighted by Gasteiger charge is -2.14. The van der Waals surface area contributed by atoms with Crippen molar-refractivity contribution in [2.75, 3.05) is 0 Å². The standard InChI is InChI=1S/C25H19Cl2NO2/c1-16(19-12-20(26)14-21(27)13-19)6-7-17-8-10-18(11-9-17)15-28-24(29)22-4-2-3-5-23(22)25(28)30/h2-14,16H,15H2,1H3/b7-6+. The predicted molar refractivity (Wildman–Crippen MR) is 121 cm³/mol. The third-order valence-electron chi connectivity index (χ3n) is 5.19. The van der Waals surface area contributed by atoms with E-state index in [-0.39, 0.29) is 24.3 Å². The van der Waals surface area contributed by atoms with Gasteiger partial charge in [0.2, 0.25) is 0 Å². The minimum absolute atomic E-state index is 0.152. The summed E-state index contributed by atoms with van der Waals surface area (Å²) in [7, 11) is 0. The second kappa shape index (κ2) is 8.47. The molecule has 5 heteroatoms. The molecule has 0 radical (unpaired) electrons. The van der Waals surface area contributed by atoms with Gasteiger partial charge in [0.05, 0.1) is 17.7 Å². The SMILES string of the molecule is CC(/C=C/c1ccc(CN2C(=O)c3ccccc3C2=O)cc1)c1cc(Cl)cc(Cl)c1. The van der Waals surface area contributed by atoms with E-state index in [2.05, 4.69) is 13.0 Å². The second-order valence-electron chi connectivity index (χ2n) is 7.33. The van der Waals surface area contributed by atoms with E-state index >= 15 is 0 Å². The summed E-state index contributed by atoms with van der Waals surface area (Å²) in [6.45, 7) is 2.34. The van der Waals surface area contributed by atoms with Crippen LogP contribution in [0.3, 0.4) is 0 Å². The van der Waals surface area contributed by atoms with Crippen molar-refractivity contribution in [3.63, 3.8) is 0 Å². The largest absolute Gasteiger partial charge is 0.270 e. The Morgan fingerprint density at radius 1 is 0.867 bits per heavy atom. The molecule has 0 saturated heterocycles. The van der Waals surface area contributed by atoms with E-state index in [9.17, 15) is 9.59 Å². The van der Waals surface area contributed by atoms with Crippen molar-refractivity contribution in [1.82, 2.24) is 4.90 Å². The zero-order valence-electron chi connectivity index (χ0n) is 16.3. The number of nitrogens with zero attached hydrogens (tertiary/aromatic N) is 1. The lowest BCUT2D eigenvalue weighted by atomic mass is 9.99. The average Bonchev–Trinajstić information content (AvgIpc) is 2.97. The molecule has 3 nitrogen and oxygen atoms in total. The molecule has 0 aromatic heterocycles. The Kier molecular flexibility index (Phi) is 5.76. The zero-order valence-corrected chi connectivity index (χ0v) is 17.8. The van der Waals surface area contributed by atoms with Gasteiger partial charge in [-0.15, -0.1) is 0 Å². The van der Waals surface area contributed by atoms with Gasteiger partial charge in [-0.3, -0.25) is 14.5 Å². The van der Waals surface area contributed by atoms with Gasteiger partial charge in [-0.05, 0) is 52.9 Å². The predicted octanol–water partition coefficient (Wildman–Crippen LogP) is 6.61. The van der Waals surface area contributed by atoms with Gasteiger partial charge in [-0.1, -0.05) is 78.7 Å². The molecule has 0 fully saturated rings. The van der Waals surface area contributed by atoms with Crippen molar-refractivity contribution in [3.8, 4) is 0 Å². The van der Waals surface area contributed by atoms with Crippen molar-refractivity contribution in [2.24, 2.45) is 0 Å². The van der Waals surface area contributed by atoms with Gasteiger partial charge in [-0.25, -0.2) is 0 Å². The van der Waals surface area contributed by atoms with Crippen LogP contribution in [0.2, 0.25) is 10.0 Å². The fraction of sp³-hybridized carbons (Fsp3) is 0.120. The molecule has 1 aliphatic heterocycles. The molecule has 1 aliphatic rings. The monoisotopic (exact) mass is 435 g/mol. The maximum Gasteiger partial charge on any atom is 0.261 e. The van der Waals surface area contributed by atoms with Crippen LogP contribution in [0.25, 0.3) is 6.08 Å². The van der Waals surface area contributed by atoms with Crippen molar-refractivity contribution in [3.05, 3.63) is 111 Å². The van der Waals surface area contributed by atoms with E-state index in [1.54, 1.807) is 30.3 Å². The summed E-state index contributed by atoms with van der Waals surface area (Å²) < 4.78 is 0. The lowest BCUT2D eigenvalue weighted by Crippen LogP contribution is -2.29. The average molecular weight is 436 g/mol. The van der Waals surface area contributed by atoms with Gasteiger partial charge in [0.1, 0.15) is 0 Å². The molecule has 0 spiro atoms. The van der Waals surface area contributed by atoms with Crippen LogP contribution < -0.4 is 0 Å². The van der Waals surface area contributed by atoms with Crippen LogP contribution in [0.15, 0.2) is 72.8 Å². The first kappa shape index (κ1) is 20.4. The molecular formula is C25H19Cl2NO2. The van der Waals surface area contributed by atoms with Crippen molar-refractivity contribution < 1.29 is 9.59 Å². The highest BCUT2D eigenvalue weighted by Gasteiger charge is 2.34. The molecule has 1 atom stereocenters. The van der Waals surface area contributed by atoms with E-state index in [4.69, 9.17) is 23.2 Å². The Morgan fingerprint density at radius 3 is 2.00 bits per heavy atom. The topological polar surface area (TPSA) is 37.4 Å². The number of benzene rings is 3. The summed E-state index contributed by atoms with van der Waals surface area (Å²) in [5.41, 5.74) is 3.91. The van der Waals surface area contributed by atoms with Gasteiger partial charge < -0.3 is 0 Å². The smallest absolute Gasteiger partial charge is 0.261 e. The number of fused-ring (bicyclic) bond motifs is 1. The number of rotatable bonds is 5. The highest BCUT2D eigenvalue weighted by Crippen LogP contribution is 2.27. The molecule has 4 rings (SSSR count). The van der Waals surface area contributed by atoms with Gasteiger partial charge >= 0.3 is 0 Å². The quantitative estimate of drug-likeness (QED) is 0.422. The molecule has 1 unspecified atom stereocenters. The zero-order chi connectivity index (χ0) is 21.3. The Bertz CT molecular complexity index is 1100. The Labute approximate surface area is 185 Å². The first-order valence-corrected chi connectivity index (χ1v) is 10.4. The number of hydrogen-bond donors (Lipinski definition) is 0. The van der Waals surface area contributed by atoms with Crippen molar-refractivity contribution >= 4 is 41.1 Å². The first-order chi connectivity index (χ1) is 14.4. The highest BCUT2D eigenvalue weighted by atomic mass is 35.5. The normalized spacial score (nSPS) is 14.4. The Hall–Kier alpha value is -2.88. The highest BCUT2D eigenvalue weighted by molar-refractivity contribution is 6.34. The fourth-order valence-electron chi connectivity index (χ4n) is 3.50. The molecule has 0 aliphatic carbocycles. The summed E-state index contributed by atoms with van der Waals surface area (Å²) in [4.78, 5) is 26.3. The fourth-order valence-corrected chi connectivity index (χ4v) is 4.05. The van der Waals surface area contributed by atoms with Crippen LogP contribution in [0, 0.1) is 0 Å². The van der Waals surface area contributed by atoms with Gasteiger partial charge in [0.15, 0.2) is 0 Å². The van der Waals surface area contributed by atoms with Crippen LogP contribution in [0.5, 0.6) is 0 Å². The molecule has 3 aromatic rings. The summed E-state index contributed by atoms with van der Waals surface area (Å²) in [5, 5.41) is 1.24. The second-order valence-corrected chi connectivity index (χ2v) is 8.21. The molecule has 0 N–H and O–H groups in total. The number of hydrogen-bond acceptors (Lipinski definition) is 2. The van der Waals surface area contributed by atoms with Crippen LogP contribution in [-0.4, -0.2) is 16.7 Å². The van der Waals surface area contributed by atoms with Crippen LogP contribution in [0.4, 0.5) is 0 Å². The molecule has 1 heterocycles. The number of amides is 2. The molecule has 3 aromatic carbocycles. The van der Waals surface area contributed by atoms with Crippen LogP contribution in [0.1, 0.15) is 50.2 Å². The van der Waals surface area contributed by atoms with Crippen molar-refractivity contribution in [2.45, 2.75) is 19.4 Å². The first-order valence-electron chi connectivity index (χ1n) is 9.61. The van der Waals surface area contributed by atoms with E-state index in [0.29, 0.717) is 21.2 Å². The summed E-state index contributed by atoms with van der Waals surface area (Å²) in [6.07, 6.45) is 4.12. The Balaban J connectivity index is 1.44. The third kappa shape index (κ3) is 4.18. The van der Waals surface area contributed by atoms with E-state index < -0.39 is 0 Å². The number of halogens is 2. The van der Waals surface area contributed by atoms with E-state index in [1.807, 2.05) is 42.5 Å². The molecule has 0 saturated carbocycles. The maximum absolute atomic E-state index is 12.5. The summed E-state index contributed by atoms with van der Waals surface area (Å²) >= 11 is 12.2. The minimum atomic E-state index is -0.242.